The van der Waals surface area contributed by atoms with E-state index in [0.717, 1.165) is 4.88 Å². The van der Waals surface area contributed by atoms with Crippen molar-refractivity contribution in [3.8, 4) is 10.6 Å². The first kappa shape index (κ1) is 18.9. The van der Waals surface area contributed by atoms with Crippen molar-refractivity contribution in [3.05, 3.63) is 77.6 Å². The van der Waals surface area contributed by atoms with Crippen LogP contribution in [0, 0.1) is 0 Å². The van der Waals surface area contributed by atoms with Gasteiger partial charge in [0.25, 0.3) is 5.91 Å². The summed E-state index contributed by atoms with van der Waals surface area (Å²) in [6.45, 7) is 1.77. The zero-order valence-electron chi connectivity index (χ0n) is 15.6. The molecule has 7 heteroatoms. The predicted molar refractivity (Wildman–Crippen MR) is 110 cm³/mol. The molecule has 4 rings (SSSR count). The van der Waals surface area contributed by atoms with Gasteiger partial charge in [-0.05, 0) is 42.6 Å². The molecule has 0 aliphatic heterocycles. The molecule has 1 atom stereocenters. The summed E-state index contributed by atoms with van der Waals surface area (Å²) in [5, 5.41) is 5.33. The third-order valence-electron chi connectivity index (χ3n) is 4.38. The lowest BCUT2D eigenvalue weighted by molar-refractivity contribution is -0.129. The number of thiophene rings is 1. The molecule has 3 aromatic heterocycles. The summed E-state index contributed by atoms with van der Waals surface area (Å²) in [6, 6.07) is 16.5. The molecular formula is C22H18N2O4S. The Bertz CT molecular complexity index is 1140. The summed E-state index contributed by atoms with van der Waals surface area (Å²) in [6.07, 6.45) is 0.583. The molecule has 146 valence electrons. The van der Waals surface area contributed by atoms with Crippen LogP contribution in [-0.2, 0) is 16.1 Å². The number of nitrogens with zero attached hydrogens (tertiary/aromatic N) is 1. The number of fused-ring (bicyclic) bond motifs is 1. The fourth-order valence-electron chi connectivity index (χ4n) is 2.90. The summed E-state index contributed by atoms with van der Waals surface area (Å²) in [4.78, 5) is 30.8. The summed E-state index contributed by atoms with van der Waals surface area (Å²) < 4.78 is 10.6. The van der Waals surface area contributed by atoms with E-state index in [4.69, 9.17) is 9.15 Å². The van der Waals surface area contributed by atoms with Gasteiger partial charge < -0.3 is 14.5 Å². The highest BCUT2D eigenvalue weighted by atomic mass is 32.1. The molecular weight excluding hydrogens is 388 g/mol. The number of esters is 1. The van der Waals surface area contributed by atoms with Gasteiger partial charge in [-0.15, -0.1) is 11.3 Å². The lowest BCUT2D eigenvalue weighted by atomic mass is 10.1. The number of hydrogen-bond acceptors (Lipinski definition) is 6. The number of furan rings is 1. The van der Waals surface area contributed by atoms with Gasteiger partial charge in [-0.25, -0.2) is 9.78 Å². The molecule has 0 spiro atoms. The van der Waals surface area contributed by atoms with Crippen LogP contribution in [0.25, 0.3) is 21.5 Å². The smallest absolute Gasteiger partial charge is 0.339 e. The van der Waals surface area contributed by atoms with Crippen LogP contribution < -0.4 is 5.32 Å². The van der Waals surface area contributed by atoms with Gasteiger partial charge in [-0.3, -0.25) is 4.79 Å². The summed E-state index contributed by atoms with van der Waals surface area (Å²) in [5.74, 6) is -0.341. The molecule has 6 nitrogen and oxygen atoms in total. The van der Waals surface area contributed by atoms with Gasteiger partial charge in [-0.2, -0.15) is 0 Å². The van der Waals surface area contributed by atoms with E-state index in [9.17, 15) is 9.59 Å². The Kier molecular flexibility index (Phi) is 5.39. The lowest BCUT2D eigenvalue weighted by Gasteiger charge is -2.14. The van der Waals surface area contributed by atoms with Crippen LogP contribution in [0.1, 0.15) is 23.0 Å². The number of amides is 1. The van der Waals surface area contributed by atoms with Crippen LogP contribution in [0.4, 0.5) is 0 Å². The molecule has 1 N–H and O–H groups in total. The Balaban J connectivity index is 1.55. The largest absolute Gasteiger partial charge is 0.467 e. The quantitative estimate of drug-likeness (QED) is 0.480. The van der Waals surface area contributed by atoms with Crippen LogP contribution in [0.15, 0.2) is 70.7 Å². The third-order valence-corrected chi connectivity index (χ3v) is 5.27. The molecule has 0 radical (unpaired) electrons. The van der Waals surface area contributed by atoms with Crippen LogP contribution in [0.3, 0.4) is 0 Å². The Hall–Kier alpha value is -3.45. The molecule has 0 aliphatic carbocycles. The van der Waals surface area contributed by atoms with E-state index in [1.807, 2.05) is 41.8 Å². The number of pyridine rings is 1. The molecule has 0 unspecified atom stereocenters. The first-order valence-corrected chi connectivity index (χ1v) is 9.94. The van der Waals surface area contributed by atoms with E-state index in [2.05, 4.69) is 10.3 Å². The zero-order valence-corrected chi connectivity index (χ0v) is 16.4. The second-order valence-corrected chi connectivity index (χ2v) is 7.34. The van der Waals surface area contributed by atoms with Crippen molar-refractivity contribution in [2.75, 3.05) is 0 Å². The minimum absolute atomic E-state index is 0.231. The number of para-hydroxylation sites is 1. The second kappa shape index (κ2) is 8.28. The van der Waals surface area contributed by atoms with E-state index >= 15 is 0 Å². The van der Waals surface area contributed by atoms with Crippen LogP contribution >= 0.6 is 11.3 Å². The average Bonchev–Trinajstić information content (AvgIpc) is 3.45. The van der Waals surface area contributed by atoms with Gasteiger partial charge in [-0.1, -0.05) is 24.3 Å². The van der Waals surface area contributed by atoms with Crippen LogP contribution in [-0.4, -0.2) is 23.0 Å². The van der Waals surface area contributed by atoms with Crippen molar-refractivity contribution in [2.24, 2.45) is 0 Å². The Labute approximate surface area is 171 Å². The topological polar surface area (TPSA) is 81.4 Å². The normalized spacial score (nSPS) is 11.9. The number of aromatic nitrogens is 1. The van der Waals surface area contributed by atoms with Crippen LogP contribution in [0.2, 0.25) is 0 Å². The molecule has 1 aromatic carbocycles. The maximum Gasteiger partial charge on any atom is 0.339 e. The average molecular weight is 406 g/mol. The number of carbonyl (C=O) groups excluding carboxylic acids is 2. The lowest BCUT2D eigenvalue weighted by Crippen LogP contribution is -2.35. The van der Waals surface area contributed by atoms with Crippen molar-refractivity contribution >= 4 is 34.1 Å². The number of hydrogen-bond donors (Lipinski definition) is 1. The number of benzene rings is 1. The fourth-order valence-corrected chi connectivity index (χ4v) is 3.59. The van der Waals surface area contributed by atoms with Gasteiger partial charge in [0.15, 0.2) is 6.10 Å². The van der Waals surface area contributed by atoms with Crippen molar-refractivity contribution in [2.45, 2.75) is 19.6 Å². The van der Waals surface area contributed by atoms with Gasteiger partial charge in [0.05, 0.1) is 34.5 Å². The molecule has 4 aromatic rings. The molecule has 29 heavy (non-hydrogen) atoms. The van der Waals surface area contributed by atoms with E-state index < -0.39 is 18.0 Å². The number of nitrogens with one attached hydrogen (secondary N) is 1. The van der Waals surface area contributed by atoms with Crippen molar-refractivity contribution in [1.29, 1.82) is 0 Å². The first-order chi connectivity index (χ1) is 14.1. The minimum atomic E-state index is -0.949. The van der Waals surface area contributed by atoms with E-state index in [-0.39, 0.29) is 6.54 Å². The predicted octanol–water partition coefficient (Wildman–Crippen LogP) is 4.42. The Morgan fingerprint density at radius 1 is 1.17 bits per heavy atom. The molecule has 0 saturated heterocycles. The zero-order chi connectivity index (χ0) is 20.2. The van der Waals surface area contributed by atoms with E-state index in [1.165, 1.54) is 6.26 Å². The summed E-state index contributed by atoms with van der Waals surface area (Å²) in [5.41, 5.74) is 1.77. The molecule has 0 fully saturated rings. The highest BCUT2D eigenvalue weighted by Crippen LogP contribution is 2.28. The van der Waals surface area contributed by atoms with Crippen molar-refractivity contribution in [1.82, 2.24) is 10.3 Å². The van der Waals surface area contributed by atoms with E-state index in [1.54, 1.807) is 36.5 Å². The molecule has 0 bridgehead atoms. The SMILES string of the molecule is C[C@H](OC(=O)c1cc(-c2cccs2)nc2ccccc12)C(=O)NCc1ccco1. The number of carbonyl (C=O) groups is 2. The van der Waals surface area contributed by atoms with Gasteiger partial charge in [0.2, 0.25) is 0 Å². The van der Waals surface area contributed by atoms with Crippen LogP contribution in [0.5, 0.6) is 0 Å². The fraction of sp³-hybridized carbons (Fsp3) is 0.136. The monoisotopic (exact) mass is 406 g/mol. The number of ether oxygens (including phenoxy) is 1. The third kappa shape index (κ3) is 4.20. The van der Waals surface area contributed by atoms with Gasteiger partial charge in [0, 0.05) is 5.39 Å². The first-order valence-electron chi connectivity index (χ1n) is 9.06. The van der Waals surface area contributed by atoms with Crippen molar-refractivity contribution in [3.63, 3.8) is 0 Å². The number of rotatable bonds is 6. The highest BCUT2D eigenvalue weighted by Gasteiger charge is 2.21. The molecule has 0 saturated carbocycles. The molecule has 3 heterocycles. The standard InChI is InChI=1S/C22H18N2O4S/c1-14(21(25)23-13-15-6-4-10-27-15)28-22(26)17-12-19(20-9-5-11-29-20)24-18-8-3-2-7-16(17)18/h2-12,14H,13H2,1H3,(H,23,25)/t14-/m0/s1. The van der Waals surface area contributed by atoms with E-state index in [0.29, 0.717) is 27.9 Å². The molecule has 1 amide bonds. The maximum atomic E-state index is 12.9. The van der Waals surface area contributed by atoms with Gasteiger partial charge >= 0.3 is 5.97 Å². The minimum Gasteiger partial charge on any atom is -0.467 e. The summed E-state index contributed by atoms with van der Waals surface area (Å²) >= 11 is 1.54. The maximum absolute atomic E-state index is 12.9. The highest BCUT2D eigenvalue weighted by molar-refractivity contribution is 7.13. The van der Waals surface area contributed by atoms with Crippen molar-refractivity contribution < 1.29 is 18.7 Å². The second-order valence-electron chi connectivity index (χ2n) is 6.39. The Morgan fingerprint density at radius 2 is 2.03 bits per heavy atom. The molecule has 0 aliphatic rings. The Morgan fingerprint density at radius 3 is 2.79 bits per heavy atom. The van der Waals surface area contributed by atoms with Gasteiger partial charge in [0.1, 0.15) is 5.76 Å². The summed E-state index contributed by atoms with van der Waals surface area (Å²) in [7, 11) is 0.